The van der Waals surface area contributed by atoms with E-state index in [0.717, 1.165) is 27.5 Å². The summed E-state index contributed by atoms with van der Waals surface area (Å²) >= 11 is 6.43. The summed E-state index contributed by atoms with van der Waals surface area (Å²) in [5, 5.41) is 4.11. The topological polar surface area (TPSA) is 21.3 Å². The molecule has 1 atom stereocenters. The summed E-state index contributed by atoms with van der Waals surface area (Å²) in [7, 11) is 3.61. The smallest absolute Gasteiger partial charge is 0.123 e. The predicted octanol–water partition coefficient (Wildman–Crippen LogP) is 3.97. The fourth-order valence-corrected chi connectivity index (χ4v) is 2.51. The number of benzene rings is 2. The van der Waals surface area contributed by atoms with E-state index in [1.54, 1.807) is 7.11 Å². The summed E-state index contributed by atoms with van der Waals surface area (Å²) in [6, 6.07) is 14.1. The van der Waals surface area contributed by atoms with Gasteiger partial charge in [0.05, 0.1) is 13.2 Å². The number of nitrogens with one attached hydrogen (secondary N) is 1. The fourth-order valence-electron chi connectivity index (χ4n) is 2.28. The van der Waals surface area contributed by atoms with Crippen LogP contribution in [0.3, 0.4) is 0 Å². The summed E-state index contributed by atoms with van der Waals surface area (Å²) in [6.07, 6.45) is 0. The maximum absolute atomic E-state index is 6.43. The standard InChI is InChI=1S/C16H18ClNO/c1-11-7-6-9-13(15(11)17)16(18-2)12-8-4-5-10-14(12)19-3/h4-10,16,18H,1-3H3. The molecule has 19 heavy (non-hydrogen) atoms. The van der Waals surface area contributed by atoms with Gasteiger partial charge in [-0.15, -0.1) is 0 Å². The van der Waals surface area contributed by atoms with Crippen molar-refractivity contribution in [1.29, 1.82) is 0 Å². The van der Waals surface area contributed by atoms with Gasteiger partial charge >= 0.3 is 0 Å². The van der Waals surface area contributed by atoms with Crippen LogP contribution in [-0.4, -0.2) is 14.2 Å². The van der Waals surface area contributed by atoms with Gasteiger partial charge in [-0.1, -0.05) is 48.0 Å². The van der Waals surface area contributed by atoms with Gasteiger partial charge in [-0.3, -0.25) is 0 Å². The van der Waals surface area contributed by atoms with E-state index in [4.69, 9.17) is 16.3 Å². The van der Waals surface area contributed by atoms with Gasteiger partial charge < -0.3 is 10.1 Å². The van der Waals surface area contributed by atoms with Crippen molar-refractivity contribution in [3.63, 3.8) is 0 Å². The number of halogens is 1. The third kappa shape index (κ3) is 2.75. The molecule has 100 valence electrons. The van der Waals surface area contributed by atoms with E-state index in [1.807, 2.05) is 50.4 Å². The highest BCUT2D eigenvalue weighted by molar-refractivity contribution is 6.32. The minimum absolute atomic E-state index is 0.0172. The Labute approximate surface area is 119 Å². The third-order valence-electron chi connectivity index (χ3n) is 3.27. The van der Waals surface area contributed by atoms with Crippen molar-refractivity contribution in [3.05, 3.63) is 64.2 Å². The zero-order valence-corrected chi connectivity index (χ0v) is 12.2. The molecule has 0 saturated carbocycles. The van der Waals surface area contributed by atoms with E-state index < -0.39 is 0 Å². The van der Waals surface area contributed by atoms with Crippen molar-refractivity contribution in [2.24, 2.45) is 0 Å². The molecule has 2 aromatic carbocycles. The van der Waals surface area contributed by atoms with Crippen LogP contribution in [0.1, 0.15) is 22.7 Å². The molecule has 0 aliphatic rings. The SMILES string of the molecule is CNC(c1ccccc1OC)c1cccc(C)c1Cl. The molecule has 0 amide bonds. The van der Waals surface area contributed by atoms with Gasteiger partial charge in [-0.25, -0.2) is 0 Å². The Bertz CT molecular complexity index is 568. The summed E-state index contributed by atoms with van der Waals surface area (Å²) in [4.78, 5) is 0. The third-order valence-corrected chi connectivity index (χ3v) is 3.79. The molecule has 1 N–H and O–H groups in total. The number of methoxy groups -OCH3 is 1. The molecule has 3 heteroatoms. The van der Waals surface area contributed by atoms with E-state index in [-0.39, 0.29) is 6.04 Å². The van der Waals surface area contributed by atoms with Crippen molar-refractivity contribution >= 4 is 11.6 Å². The highest BCUT2D eigenvalue weighted by atomic mass is 35.5. The van der Waals surface area contributed by atoms with E-state index in [9.17, 15) is 0 Å². The summed E-state index contributed by atoms with van der Waals surface area (Å²) in [5.41, 5.74) is 3.22. The Kier molecular flexibility index (Phi) is 4.46. The Morgan fingerprint density at radius 2 is 1.74 bits per heavy atom. The molecular weight excluding hydrogens is 258 g/mol. The van der Waals surface area contributed by atoms with Crippen LogP contribution >= 0.6 is 11.6 Å². The number of hydrogen-bond donors (Lipinski definition) is 1. The van der Waals surface area contributed by atoms with Gasteiger partial charge in [-0.05, 0) is 31.2 Å². The van der Waals surface area contributed by atoms with Crippen LogP contribution in [0.15, 0.2) is 42.5 Å². The Morgan fingerprint density at radius 3 is 2.42 bits per heavy atom. The first-order valence-corrected chi connectivity index (χ1v) is 6.62. The fraction of sp³-hybridized carbons (Fsp3) is 0.250. The molecule has 2 rings (SSSR count). The van der Waals surface area contributed by atoms with Crippen LogP contribution in [0.4, 0.5) is 0 Å². The van der Waals surface area contributed by atoms with E-state index in [2.05, 4.69) is 11.4 Å². The zero-order valence-electron chi connectivity index (χ0n) is 11.4. The lowest BCUT2D eigenvalue weighted by Gasteiger charge is -2.21. The molecule has 0 bridgehead atoms. The first-order chi connectivity index (χ1) is 9.19. The van der Waals surface area contributed by atoms with Crippen LogP contribution in [0.2, 0.25) is 5.02 Å². The Hall–Kier alpha value is -1.51. The average molecular weight is 276 g/mol. The normalized spacial score (nSPS) is 12.2. The zero-order chi connectivity index (χ0) is 13.8. The van der Waals surface area contributed by atoms with Gasteiger partial charge in [0.15, 0.2) is 0 Å². The molecule has 2 nitrogen and oxygen atoms in total. The van der Waals surface area contributed by atoms with Crippen molar-refractivity contribution < 1.29 is 4.74 Å². The lowest BCUT2D eigenvalue weighted by Crippen LogP contribution is -2.19. The highest BCUT2D eigenvalue weighted by Crippen LogP contribution is 2.34. The number of para-hydroxylation sites is 1. The van der Waals surface area contributed by atoms with Gasteiger partial charge in [0.25, 0.3) is 0 Å². The molecule has 0 radical (unpaired) electrons. The molecular formula is C16H18ClNO. The quantitative estimate of drug-likeness (QED) is 0.912. The van der Waals surface area contributed by atoms with E-state index >= 15 is 0 Å². The number of aryl methyl sites for hydroxylation is 1. The van der Waals surface area contributed by atoms with Crippen molar-refractivity contribution in [2.75, 3.05) is 14.2 Å². The van der Waals surface area contributed by atoms with E-state index in [1.165, 1.54) is 0 Å². The van der Waals surface area contributed by atoms with E-state index in [0.29, 0.717) is 0 Å². The summed E-state index contributed by atoms with van der Waals surface area (Å²) in [5.74, 6) is 0.861. The van der Waals surface area contributed by atoms with Crippen LogP contribution in [0.25, 0.3) is 0 Å². The van der Waals surface area contributed by atoms with Gasteiger partial charge in [-0.2, -0.15) is 0 Å². The van der Waals surface area contributed by atoms with Gasteiger partial charge in [0.1, 0.15) is 5.75 Å². The molecule has 0 aliphatic carbocycles. The second-order valence-corrected chi connectivity index (χ2v) is 4.82. The number of hydrogen-bond acceptors (Lipinski definition) is 2. The molecule has 0 aromatic heterocycles. The first-order valence-electron chi connectivity index (χ1n) is 6.24. The summed E-state index contributed by atoms with van der Waals surface area (Å²) < 4.78 is 5.44. The largest absolute Gasteiger partial charge is 0.496 e. The molecule has 0 saturated heterocycles. The van der Waals surface area contributed by atoms with Crippen molar-refractivity contribution in [1.82, 2.24) is 5.32 Å². The monoisotopic (exact) mass is 275 g/mol. The maximum atomic E-state index is 6.43. The Balaban J connectivity index is 2.53. The Morgan fingerprint density at radius 1 is 1.05 bits per heavy atom. The molecule has 0 spiro atoms. The van der Waals surface area contributed by atoms with Crippen LogP contribution in [0, 0.1) is 6.92 Å². The highest BCUT2D eigenvalue weighted by Gasteiger charge is 2.19. The number of ether oxygens (including phenoxy) is 1. The first kappa shape index (κ1) is 13.9. The molecule has 0 fully saturated rings. The van der Waals surface area contributed by atoms with Crippen LogP contribution in [0.5, 0.6) is 5.75 Å². The molecule has 1 unspecified atom stereocenters. The van der Waals surface area contributed by atoms with Crippen molar-refractivity contribution in [3.8, 4) is 5.75 Å². The number of rotatable bonds is 4. The summed E-state index contributed by atoms with van der Waals surface area (Å²) in [6.45, 7) is 2.01. The minimum atomic E-state index is 0.0172. The van der Waals surface area contributed by atoms with Gasteiger partial charge in [0.2, 0.25) is 0 Å². The molecule has 2 aromatic rings. The molecule has 0 heterocycles. The van der Waals surface area contributed by atoms with Gasteiger partial charge in [0, 0.05) is 10.6 Å². The second-order valence-electron chi connectivity index (χ2n) is 4.44. The maximum Gasteiger partial charge on any atom is 0.123 e. The minimum Gasteiger partial charge on any atom is -0.496 e. The average Bonchev–Trinajstić information content (AvgIpc) is 2.45. The predicted molar refractivity (Wildman–Crippen MR) is 80.1 cm³/mol. The lowest BCUT2D eigenvalue weighted by molar-refractivity contribution is 0.405. The molecule has 0 aliphatic heterocycles. The second kappa shape index (κ2) is 6.09. The lowest BCUT2D eigenvalue weighted by atomic mass is 9.96. The van der Waals surface area contributed by atoms with Crippen LogP contribution in [-0.2, 0) is 0 Å². The van der Waals surface area contributed by atoms with Crippen molar-refractivity contribution in [2.45, 2.75) is 13.0 Å². The van der Waals surface area contributed by atoms with Crippen LogP contribution < -0.4 is 10.1 Å².